The maximum Gasteiger partial charge on any atom is 0.127 e. The van der Waals surface area contributed by atoms with Crippen molar-refractivity contribution in [2.75, 3.05) is 6.61 Å². The van der Waals surface area contributed by atoms with E-state index in [-0.39, 0.29) is 11.5 Å². The topological polar surface area (TPSA) is 35.2 Å². The molecule has 1 unspecified atom stereocenters. The minimum atomic E-state index is 0.0966. The molecule has 0 saturated carbocycles. The highest BCUT2D eigenvalue weighted by Gasteiger charge is 2.26. The molecule has 2 rings (SSSR count). The Morgan fingerprint density at radius 3 is 2.67 bits per heavy atom. The van der Waals surface area contributed by atoms with Crippen LogP contribution in [0.15, 0.2) is 12.1 Å². The minimum Gasteiger partial charge on any atom is -0.493 e. The molecular formula is C16H25NO. The van der Waals surface area contributed by atoms with Gasteiger partial charge in [0.1, 0.15) is 5.75 Å². The first-order valence-electron chi connectivity index (χ1n) is 6.99. The third-order valence-electron chi connectivity index (χ3n) is 3.70. The van der Waals surface area contributed by atoms with Gasteiger partial charge in [0.05, 0.1) is 6.61 Å². The second-order valence-corrected chi connectivity index (χ2v) is 6.26. The maximum absolute atomic E-state index is 6.30. The second kappa shape index (κ2) is 4.93. The SMILES string of the molecule is CCc1cc2c(c(C(C)(C)C)c1)OCCCC2N. The molecule has 0 radical (unpaired) electrons. The van der Waals surface area contributed by atoms with Gasteiger partial charge in [0, 0.05) is 17.2 Å². The number of ether oxygens (including phenoxy) is 1. The third kappa shape index (κ3) is 2.54. The zero-order valence-electron chi connectivity index (χ0n) is 12.0. The van der Waals surface area contributed by atoms with Crippen LogP contribution in [0, 0.1) is 0 Å². The van der Waals surface area contributed by atoms with Crippen molar-refractivity contribution in [1.29, 1.82) is 0 Å². The van der Waals surface area contributed by atoms with Gasteiger partial charge in [-0.1, -0.05) is 39.8 Å². The summed E-state index contributed by atoms with van der Waals surface area (Å²) in [7, 11) is 0. The molecule has 100 valence electrons. The van der Waals surface area contributed by atoms with Crippen LogP contribution >= 0.6 is 0 Å². The van der Waals surface area contributed by atoms with Crippen molar-refractivity contribution in [3.63, 3.8) is 0 Å². The highest BCUT2D eigenvalue weighted by molar-refractivity contribution is 5.49. The Morgan fingerprint density at radius 2 is 2.06 bits per heavy atom. The Kier molecular flexibility index (Phi) is 3.67. The number of fused-ring (bicyclic) bond motifs is 1. The van der Waals surface area contributed by atoms with Gasteiger partial charge in [-0.2, -0.15) is 0 Å². The lowest BCUT2D eigenvalue weighted by atomic mass is 9.82. The van der Waals surface area contributed by atoms with E-state index in [0.29, 0.717) is 0 Å². The molecule has 0 saturated heterocycles. The van der Waals surface area contributed by atoms with Crippen molar-refractivity contribution >= 4 is 0 Å². The largest absolute Gasteiger partial charge is 0.493 e. The Bertz CT molecular complexity index is 431. The quantitative estimate of drug-likeness (QED) is 0.821. The van der Waals surface area contributed by atoms with Crippen LogP contribution in [0.1, 0.15) is 63.3 Å². The van der Waals surface area contributed by atoms with Crippen molar-refractivity contribution in [2.24, 2.45) is 5.73 Å². The summed E-state index contributed by atoms with van der Waals surface area (Å²) < 4.78 is 6.00. The van der Waals surface area contributed by atoms with E-state index >= 15 is 0 Å². The van der Waals surface area contributed by atoms with Crippen molar-refractivity contribution in [3.8, 4) is 5.75 Å². The normalized spacial score (nSPS) is 19.9. The molecule has 1 aliphatic heterocycles. The first kappa shape index (κ1) is 13.4. The van der Waals surface area contributed by atoms with Gasteiger partial charge in [0.2, 0.25) is 0 Å². The van der Waals surface area contributed by atoms with E-state index in [1.807, 2.05) is 0 Å². The van der Waals surface area contributed by atoms with Crippen molar-refractivity contribution in [1.82, 2.24) is 0 Å². The van der Waals surface area contributed by atoms with Crippen molar-refractivity contribution < 1.29 is 4.74 Å². The van der Waals surface area contributed by atoms with Crippen LogP contribution in [0.2, 0.25) is 0 Å². The zero-order valence-corrected chi connectivity index (χ0v) is 12.0. The molecule has 0 aliphatic carbocycles. The predicted molar refractivity (Wildman–Crippen MR) is 76.2 cm³/mol. The predicted octanol–water partition coefficient (Wildman–Crippen LogP) is 3.72. The van der Waals surface area contributed by atoms with Gasteiger partial charge in [-0.15, -0.1) is 0 Å². The monoisotopic (exact) mass is 247 g/mol. The molecule has 1 aromatic carbocycles. The van der Waals surface area contributed by atoms with Crippen LogP contribution in [0.25, 0.3) is 0 Å². The van der Waals surface area contributed by atoms with Gasteiger partial charge in [-0.25, -0.2) is 0 Å². The number of hydrogen-bond acceptors (Lipinski definition) is 2. The number of benzene rings is 1. The fraction of sp³-hybridized carbons (Fsp3) is 0.625. The molecule has 0 aromatic heterocycles. The van der Waals surface area contributed by atoms with E-state index < -0.39 is 0 Å². The third-order valence-corrected chi connectivity index (χ3v) is 3.70. The Morgan fingerprint density at radius 1 is 1.33 bits per heavy atom. The standard InChI is InChI=1S/C16H25NO/c1-5-11-9-12-14(17)7-6-8-18-15(12)13(10-11)16(2,3)4/h9-10,14H,5-8,17H2,1-4H3. The fourth-order valence-electron chi connectivity index (χ4n) is 2.54. The maximum atomic E-state index is 6.30. The van der Waals surface area contributed by atoms with Crippen LogP contribution < -0.4 is 10.5 Å². The van der Waals surface area contributed by atoms with E-state index in [1.54, 1.807) is 0 Å². The minimum absolute atomic E-state index is 0.0966. The van der Waals surface area contributed by atoms with Crippen molar-refractivity contribution in [3.05, 3.63) is 28.8 Å². The van der Waals surface area contributed by atoms with Crippen LogP contribution in [-0.2, 0) is 11.8 Å². The summed E-state index contributed by atoms with van der Waals surface area (Å²) in [5.74, 6) is 1.05. The summed E-state index contributed by atoms with van der Waals surface area (Å²) in [5, 5.41) is 0. The summed E-state index contributed by atoms with van der Waals surface area (Å²) in [6, 6.07) is 4.65. The van der Waals surface area contributed by atoms with E-state index in [9.17, 15) is 0 Å². The number of nitrogens with two attached hydrogens (primary N) is 1. The second-order valence-electron chi connectivity index (χ2n) is 6.26. The van der Waals surface area contributed by atoms with Gasteiger partial charge >= 0.3 is 0 Å². The van der Waals surface area contributed by atoms with Crippen LogP contribution in [0.4, 0.5) is 0 Å². The van der Waals surface area contributed by atoms with Gasteiger partial charge in [0.25, 0.3) is 0 Å². The molecule has 2 heteroatoms. The fourth-order valence-corrected chi connectivity index (χ4v) is 2.54. The van der Waals surface area contributed by atoms with Crippen LogP contribution in [0.5, 0.6) is 5.75 Å². The smallest absolute Gasteiger partial charge is 0.127 e. The molecule has 2 N–H and O–H groups in total. The molecule has 1 aromatic rings. The lowest BCUT2D eigenvalue weighted by molar-refractivity contribution is 0.308. The molecule has 18 heavy (non-hydrogen) atoms. The van der Waals surface area contributed by atoms with E-state index in [4.69, 9.17) is 10.5 Å². The average molecular weight is 247 g/mol. The summed E-state index contributed by atoms with van der Waals surface area (Å²) in [4.78, 5) is 0. The lowest BCUT2D eigenvalue weighted by Gasteiger charge is -2.26. The lowest BCUT2D eigenvalue weighted by Crippen LogP contribution is -2.17. The summed E-state index contributed by atoms with van der Waals surface area (Å²) in [6.45, 7) is 9.69. The zero-order chi connectivity index (χ0) is 13.3. The Labute approximate surface area is 111 Å². The molecule has 1 aliphatic rings. The van der Waals surface area contributed by atoms with Gasteiger partial charge in [0.15, 0.2) is 0 Å². The van der Waals surface area contributed by atoms with E-state index in [1.165, 1.54) is 16.7 Å². The van der Waals surface area contributed by atoms with Gasteiger partial charge in [-0.3, -0.25) is 0 Å². The number of hydrogen-bond donors (Lipinski definition) is 1. The molecule has 0 amide bonds. The first-order valence-corrected chi connectivity index (χ1v) is 6.99. The average Bonchev–Trinajstić information content (AvgIpc) is 2.49. The number of rotatable bonds is 1. The summed E-state index contributed by atoms with van der Waals surface area (Å²) in [6.07, 6.45) is 3.10. The Hall–Kier alpha value is -1.02. The molecule has 0 fully saturated rings. The van der Waals surface area contributed by atoms with Gasteiger partial charge in [-0.05, 0) is 30.2 Å². The molecular weight excluding hydrogens is 222 g/mol. The first-order chi connectivity index (χ1) is 8.43. The highest BCUT2D eigenvalue weighted by Crippen LogP contribution is 2.40. The highest BCUT2D eigenvalue weighted by atomic mass is 16.5. The molecule has 0 spiro atoms. The Balaban J connectivity index is 2.62. The molecule has 0 bridgehead atoms. The van der Waals surface area contributed by atoms with E-state index in [2.05, 4.69) is 39.8 Å². The molecule has 2 nitrogen and oxygen atoms in total. The number of aryl methyl sites for hydroxylation is 1. The summed E-state index contributed by atoms with van der Waals surface area (Å²) >= 11 is 0. The molecule has 1 atom stereocenters. The van der Waals surface area contributed by atoms with Crippen molar-refractivity contribution in [2.45, 2.75) is 58.4 Å². The summed E-state index contributed by atoms with van der Waals surface area (Å²) in [5.41, 5.74) is 10.3. The molecule has 1 heterocycles. The van der Waals surface area contributed by atoms with Crippen LogP contribution in [-0.4, -0.2) is 6.61 Å². The van der Waals surface area contributed by atoms with Gasteiger partial charge < -0.3 is 10.5 Å². The van der Waals surface area contributed by atoms with E-state index in [0.717, 1.165) is 31.6 Å². The van der Waals surface area contributed by atoms with Crippen LogP contribution in [0.3, 0.4) is 0 Å².